The van der Waals surface area contributed by atoms with Crippen LogP contribution in [0.1, 0.15) is 178 Å². The zero-order valence-electron chi connectivity index (χ0n) is 67.4. The molecule has 10 rings (SSSR count). The molecule has 7 aromatic rings. The number of carboxylic acid groups (broad SMARTS) is 2. The van der Waals surface area contributed by atoms with E-state index in [1.807, 2.05) is 68.1 Å². The molecule has 1 aliphatic carbocycles. The van der Waals surface area contributed by atoms with E-state index in [0.717, 1.165) is 45.1 Å². The minimum absolute atomic E-state index is 0.000805. The van der Waals surface area contributed by atoms with E-state index in [9.17, 15) is 72.5 Å². The third-order valence-corrected chi connectivity index (χ3v) is 24.0. The lowest BCUT2D eigenvalue weighted by atomic mass is 9.83. The standard InChI is InChI=1S/C81H96Cl2N18O17S3/c1-8-49-39(2)52-34-57-64(43(6)102)41(4)54(92-57)32-53-40(3)50(68(95-53)66-67(79(115)117-7)71(106)65-42(5)55(96-69(65)66)33-56(49)91-52)17-19-61(103)93-58(31-44-9-15-48(16-10-44)101(26-21-82)27-22-83)74(108)86-23-24-87-81(116)118-28-30-120-121-38-60(78(113)114)98-75(109)59(35-63(105)85-25-29-119)94-62(104)20-18-51(77(111)112)97-73(107)45-11-13-46(14-12-45)88-36-47-37-89-72-70(90-47)76(110)100-80(84)99-72/h9-16,32-34,37,39-40,49-51,58-60,67,88,92,96,119H,8,17-31,35-36,38H2,1-7H3,(H,85,105)(H,86,108)(H,87,116)(H,93,103)(H,94,104)(H,97,107)(H,98,109)(H,111,112)(H,113,114)(H3,84,89,99,100,110)/t39-,40+,49-,50+,51+,58?,59+,60+,67?/m1/s1. The largest absolute Gasteiger partial charge is 0.480 e. The van der Waals surface area contributed by atoms with E-state index < -0.39 is 132 Å². The number of H-pyrrole nitrogens is 3. The van der Waals surface area contributed by atoms with Crippen LogP contribution in [-0.2, 0) is 60.8 Å². The number of methoxy groups -OCH3 is 1. The van der Waals surface area contributed by atoms with E-state index in [0.29, 0.717) is 103 Å². The zero-order valence-corrected chi connectivity index (χ0v) is 71.4. The number of aliphatic carboxylic acids is 2. The first kappa shape index (κ1) is 91.9. The van der Waals surface area contributed by atoms with E-state index in [1.54, 1.807) is 0 Å². The number of anilines is 3. The van der Waals surface area contributed by atoms with Crippen molar-refractivity contribution in [3.63, 3.8) is 0 Å². The van der Waals surface area contributed by atoms with Crippen molar-refractivity contribution in [2.24, 2.45) is 0 Å². The number of ether oxygens (including phenoxy) is 2. The maximum Gasteiger partial charge on any atom is 0.407 e. The van der Waals surface area contributed by atoms with E-state index in [2.05, 4.69) is 98.9 Å². The average Bonchev–Trinajstić information content (AvgIpc) is 1.56. The van der Waals surface area contributed by atoms with Crippen molar-refractivity contribution in [2.45, 2.75) is 147 Å². The van der Waals surface area contributed by atoms with Crippen LogP contribution in [0.2, 0.25) is 0 Å². The zero-order chi connectivity index (χ0) is 87.5. The first-order valence-electron chi connectivity index (χ1n) is 39.1. The third kappa shape index (κ3) is 23.2. The van der Waals surface area contributed by atoms with Gasteiger partial charge in [0.15, 0.2) is 22.7 Å². The van der Waals surface area contributed by atoms with Crippen LogP contribution in [0.25, 0.3) is 33.2 Å². The van der Waals surface area contributed by atoms with Gasteiger partial charge < -0.3 is 82.8 Å². The Morgan fingerprint density at radius 3 is 2.04 bits per heavy atom. The highest BCUT2D eigenvalue weighted by atomic mass is 35.5. The molecule has 9 atom stereocenters. The van der Waals surface area contributed by atoms with Crippen LogP contribution >= 0.6 is 57.4 Å². The summed E-state index contributed by atoms with van der Waals surface area (Å²) in [7, 11) is 3.30. The first-order chi connectivity index (χ1) is 57.9. The van der Waals surface area contributed by atoms with Crippen LogP contribution in [0.4, 0.5) is 22.1 Å². The number of carboxylic acids is 2. The SMILES string of the molecule is CC[C@H]1c2cc3[nH]c4c(c3C)C(=O)C(C(=O)OC)c4c3nc(cc4[nH]c(cc(n2)[C@@H]1C)c(C(C)=O)c4C)[C@@H](C)[C@@H]3CCC(=O)NC(Cc1ccc(N(CCCl)CCCl)cc1)C(=O)NCCNC(=O)OCCSSC[C@H](NC(=O)[C@H](CC(=O)NCCS)NC(=O)CC[C@H](NC(=O)c1ccc(NCc2cnc3nc(N)[nH]c(=O)c3n2)cc1)C(=O)O)C(=O)O. The van der Waals surface area contributed by atoms with E-state index in [-0.39, 0.29) is 110 Å². The monoisotopic (exact) mass is 1760 g/mol. The van der Waals surface area contributed by atoms with Crippen LogP contribution < -0.4 is 58.7 Å². The number of amides is 7. The molecule has 121 heavy (non-hydrogen) atoms. The number of aromatic amines is 3. The smallest absolute Gasteiger partial charge is 0.407 e. The van der Waals surface area contributed by atoms with Crippen molar-refractivity contribution in [1.82, 2.24) is 77.1 Å². The Morgan fingerprint density at radius 2 is 1.36 bits per heavy atom. The predicted octanol–water partition coefficient (Wildman–Crippen LogP) is 7.16. The summed E-state index contributed by atoms with van der Waals surface area (Å²) >= 11 is 16.3. The maximum atomic E-state index is 14.8. The minimum Gasteiger partial charge on any atom is -0.480 e. The number of carbonyl (C=O) groups excluding carboxylic acids is 10. The van der Waals surface area contributed by atoms with Crippen molar-refractivity contribution in [3.8, 4) is 0 Å². The number of nitrogen functional groups attached to an aromatic ring is 1. The van der Waals surface area contributed by atoms with Crippen LogP contribution in [-0.4, -0.2) is 221 Å². The fraction of sp³-hybridized carbons (Fsp3) is 0.432. The molecule has 0 fully saturated rings. The number of alkyl halides is 2. The van der Waals surface area contributed by atoms with Crippen LogP contribution in [0.3, 0.4) is 0 Å². The third-order valence-electron chi connectivity index (χ3n) is 21.1. The molecule has 0 spiro atoms. The molecule has 40 heteroatoms. The summed E-state index contributed by atoms with van der Waals surface area (Å²) in [5.74, 6) is -10.7. The van der Waals surface area contributed by atoms with Gasteiger partial charge in [0.2, 0.25) is 35.5 Å². The summed E-state index contributed by atoms with van der Waals surface area (Å²) in [6.45, 7) is 12.1. The number of Topliss-reactive ketones (excluding diaryl/α,β-unsaturated/α-hetero) is 2. The second kappa shape index (κ2) is 42.7. The van der Waals surface area contributed by atoms with Crippen molar-refractivity contribution in [3.05, 3.63) is 151 Å². The Morgan fingerprint density at radius 1 is 0.702 bits per heavy atom. The number of fused-ring (bicyclic) bond motifs is 9. The number of rotatable bonds is 41. The van der Waals surface area contributed by atoms with Crippen LogP contribution in [0.15, 0.2) is 77.7 Å². The highest BCUT2D eigenvalue weighted by Gasteiger charge is 2.46. The second-order valence-electron chi connectivity index (χ2n) is 29.1. The molecule has 7 amide bonds. The van der Waals surface area contributed by atoms with Gasteiger partial charge in [-0.3, -0.25) is 62.9 Å². The Kier molecular flexibility index (Phi) is 32.5. The normalized spacial score (nSPS) is 16.2. The Hall–Kier alpha value is -11.4. The van der Waals surface area contributed by atoms with Crippen molar-refractivity contribution < 1.29 is 77.2 Å². The highest BCUT2D eigenvalue weighted by molar-refractivity contribution is 8.76. The van der Waals surface area contributed by atoms with Gasteiger partial charge in [-0.1, -0.05) is 54.5 Å². The summed E-state index contributed by atoms with van der Waals surface area (Å²) in [6, 6.07) is 13.0. The quantitative estimate of drug-likeness (QED) is 0.00343. The summed E-state index contributed by atoms with van der Waals surface area (Å²) in [4.78, 5) is 209. The van der Waals surface area contributed by atoms with E-state index >= 15 is 0 Å². The molecule has 0 saturated heterocycles. The molecule has 5 aromatic heterocycles. The number of hydrogen-bond acceptors (Lipinski definition) is 26. The Bertz CT molecular complexity index is 5320. The summed E-state index contributed by atoms with van der Waals surface area (Å²) < 4.78 is 10.7. The molecular formula is C81H96Cl2N18O17S3. The molecular weight excluding hydrogens is 1660 g/mol. The molecule has 0 saturated carbocycles. The Balaban J connectivity index is 0.732. The van der Waals surface area contributed by atoms with Crippen LogP contribution in [0.5, 0.6) is 0 Å². The number of halogens is 2. The van der Waals surface area contributed by atoms with Gasteiger partial charge in [0, 0.05) is 166 Å². The molecule has 2 aromatic carbocycles. The number of esters is 1. The molecule has 2 unspecified atom stereocenters. The number of hydrogen-bond donors (Lipinski definition) is 15. The van der Waals surface area contributed by atoms with Crippen molar-refractivity contribution >= 4 is 179 Å². The lowest BCUT2D eigenvalue weighted by Crippen LogP contribution is -2.54. The number of benzene rings is 2. The van der Waals surface area contributed by atoms with Crippen LogP contribution in [0, 0.1) is 13.8 Å². The minimum atomic E-state index is -1.64. The lowest BCUT2D eigenvalue weighted by molar-refractivity contribution is -0.142. The molecule has 3 aliphatic rings. The number of alkyl carbamates (subject to hydrolysis) is 1. The average molecular weight is 1760 g/mol. The van der Waals surface area contributed by atoms with Gasteiger partial charge >= 0.3 is 24.0 Å². The summed E-state index contributed by atoms with van der Waals surface area (Å²) in [6.07, 6.45) is -0.411. The summed E-state index contributed by atoms with van der Waals surface area (Å²) in [5, 5.41) is 41.2. The summed E-state index contributed by atoms with van der Waals surface area (Å²) in [5.41, 5.74) is 14.7. The molecule has 15 N–H and O–H groups in total. The van der Waals surface area contributed by atoms with Gasteiger partial charge in [-0.05, 0) is 111 Å². The number of aromatic nitrogens is 8. The number of ketones is 2. The van der Waals surface area contributed by atoms with E-state index in [1.165, 1.54) is 44.5 Å². The number of nitrogens with zero attached hydrogens (tertiary/aromatic N) is 6. The predicted molar refractivity (Wildman–Crippen MR) is 462 cm³/mol. The van der Waals surface area contributed by atoms with Crippen molar-refractivity contribution in [1.29, 1.82) is 0 Å². The van der Waals surface area contributed by atoms with Gasteiger partial charge in [-0.25, -0.2) is 24.4 Å². The molecule has 0 radical (unpaired) electrons. The number of carbonyl (C=O) groups is 12. The number of nitrogens with two attached hydrogens (primary N) is 1. The van der Waals surface area contributed by atoms with Gasteiger partial charge in [0.25, 0.3) is 11.5 Å². The number of thiol groups is 1. The first-order valence-corrected chi connectivity index (χ1v) is 43.3. The van der Waals surface area contributed by atoms with Gasteiger partial charge in [-0.2, -0.15) is 17.6 Å². The molecule has 7 heterocycles. The lowest BCUT2D eigenvalue weighted by Gasteiger charge is -2.24. The Labute approximate surface area is 717 Å². The second-order valence-corrected chi connectivity index (χ2v) is 33.0. The number of aryl methyl sites for hydroxylation is 2. The molecule has 8 bridgehead atoms. The fourth-order valence-electron chi connectivity index (χ4n) is 14.8. The van der Waals surface area contributed by atoms with Crippen molar-refractivity contribution in [2.75, 3.05) is 91.4 Å². The van der Waals surface area contributed by atoms with E-state index in [4.69, 9.17) is 48.4 Å². The highest BCUT2D eigenvalue weighted by Crippen LogP contribution is 2.49. The van der Waals surface area contributed by atoms with Gasteiger partial charge in [0.05, 0.1) is 48.7 Å². The molecule has 35 nitrogen and oxygen atoms in total. The van der Waals surface area contributed by atoms with Gasteiger partial charge in [0.1, 0.15) is 36.7 Å². The maximum absolute atomic E-state index is 14.8. The molecule has 644 valence electrons. The van der Waals surface area contributed by atoms with Gasteiger partial charge in [-0.15, -0.1) is 23.2 Å². The fourth-order valence-corrected chi connectivity index (χ4v) is 17.3. The topological polar surface area (TPSA) is 518 Å². The number of nitrogens with one attached hydrogen (secondary N) is 11. The molecule has 2 aliphatic heterocycles.